The van der Waals surface area contributed by atoms with Crippen molar-refractivity contribution in [2.75, 3.05) is 19.6 Å². The highest BCUT2D eigenvalue weighted by Gasteiger charge is 2.38. The highest BCUT2D eigenvalue weighted by atomic mass is 32.2. The van der Waals surface area contributed by atoms with E-state index in [-0.39, 0.29) is 13.0 Å². The van der Waals surface area contributed by atoms with E-state index in [1.165, 1.54) is 8.61 Å². The Morgan fingerprint density at radius 3 is 2.17 bits per heavy atom. The molecule has 0 aliphatic carbocycles. The average Bonchev–Trinajstić information content (AvgIpc) is 2.67. The molecule has 1 saturated heterocycles. The third-order valence-electron chi connectivity index (χ3n) is 2.95. The van der Waals surface area contributed by atoms with Crippen molar-refractivity contribution in [3.8, 4) is 0 Å². The maximum absolute atomic E-state index is 12.5. The summed E-state index contributed by atoms with van der Waals surface area (Å²) < 4.78 is 27.6. The molecule has 1 heterocycles. The van der Waals surface area contributed by atoms with E-state index in [4.69, 9.17) is 5.11 Å². The summed E-state index contributed by atoms with van der Waals surface area (Å²) in [4.78, 5) is 10.6. The number of carboxylic acids is 1. The fraction of sp³-hybridized carbons (Fsp3) is 0.909. The molecule has 1 rings (SSSR count). The number of carbonyl (C=O) groups is 1. The molecule has 106 valence electrons. The summed E-state index contributed by atoms with van der Waals surface area (Å²) in [6.07, 6.45) is 1.57. The van der Waals surface area contributed by atoms with E-state index in [0.29, 0.717) is 13.1 Å². The van der Waals surface area contributed by atoms with Crippen LogP contribution in [-0.2, 0) is 15.0 Å². The Hall–Kier alpha value is -0.660. The number of rotatable bonds is 5. The molecule has 0 bridgehead atoms. The van der Waals surface area contributed by atoms with Gasteiger partial charge in [-0.25, -0.2) is 0 Å². The quantitative estimate of drug-likeness (QED) is 0.810. The lowest BCUT2D eigenvalue weighted by molar-refractivity contribution is -0.137. The summed E-state index contributed by atoms with van der Waals surface area (Å²) in [6.45, 7) is 6.41. The van der Waals surface area contributed by atoms with Crippen molar-refractivity contribution in [1.82, 2.24) is 8.61 Å². The van der Waals surface area contributed by atoms with Crippen LogP contribution in [0.5, 0.6) is 0 Å². The van der Waals surface area contributed by atoms with Crippen molar-refractivity contribution >= 4 is 16.2 Å². The second-order valence-corrected chi connectivity index (χ2v) is 7.35. The lowest BCUT2D eigenvalue weighted by Gasteiger charge is -2.36. The fourth-order valence-corrected chi connectivity index (χ4v) is 4.06. The van der Waals surface area contributed by atoms with E-state index in [0.717, 1.165) is 12.8 Å². The molecule has 0 spiro atoms. The lowest BCUT2D eigenvalue weighted by Crippen LogP contribution is -2.52. The van der Waals surface area contributed by atoms with Gasteiger partial charge < -0.3 is 5.11 Å². The maximum atomic E-state index is 12.5. The van der Waals surface area contributed by atoms with Gasteiger partial charge in [-0.15, -0.1) is 0 Å². The van der Waals surface area contributed by atoms with Crippen molar-refractivity contribution < 1.29 is 18.3 Å². The molecule has 1 fully saturated rings. The fourth-order valence-electron chi connectivity index (χ4n) is 2.05. The molecule has 7 heteroatoms. The predicted molar refractivity (Wildman–Crippen MR) is 68.4 cm³/mol. The number of aliphatic carboxylic acids is 1. The van der Waals surface area contributed by atoms with E-state index in [9.17, 15) is 13.2 Å². The second-order valence-electron chi connectivity index (χ2n) is 5.50. The summed E-state index contributed by atoms with van der Waals surface area (Å²) in [7, 11) is -3.55. The monoisotopic (exact) mass is 278 g/mol. The first kappa shape index (κ1) is 15.4. The van der Waals surface area contributed by atoms with Crippen LogP contribution in [0, 0.1) is 0 Å². The Kier molecular flexibility index (Phi) is 4.74. The normalized spacial score (nSPS) is 18.4. The first-order chi connectivity index (χ1) is 8.15. The Bertz CT molecular complexity index is 394. The molecule has 0 saturated carbocycles. The molecule has 0 aromatic carbocycles. The molecule has 0 aromatic rings. The van der Waals surface area contributed by atoms with Crippen molar-refractivity contribution in [2.45, 2.75) is 45.6 Å². The highest BCUT2D eigenvalue weighted by Crippen LogP contribution is 2.24. The highest BCUT2D eigenvalue weighted by molar-refractivity contribution is 7.86. The SMILES string of the molecule is CC(C)(C)N(CCC(=O)O)S(=O)(=O)N1CCCC1. The molecule has 0 atom stereocenters. The van der Waals surface area contributed by atoms with Gasteiger partial charge in [0.1, 0.15) is 0 Å². The third-order valence-corrected chi connectivity index (χ3v) is 5.25. The molecule has 0 unspecified atom stereocenters. The maximum Gasteiger partial charge on any atom is 0.304 e. The van der Waals surface area contributed by atoms with Crippen molar-refractivity contribution in [3.05, 3.63) is 0 Å². The van der Waals surface area contributed by atoms with Crippen molar-refractivity contribution in [1.29, 1.82) is 0 Å². The van der Waals surface area contributed by atoms with Gasteiger partial charge >= 0.3 is 5.97 Å². The van der Waals surface area contributed by atoms with Crippen LogP contribution < -0.4 is 0 Å². The van der Waals surface area contributed by atoms with Gasteiger partial charge in [-0.05, 0) is 33.6 Å². The smallest absolute Gasteiger partial charge is 0.304 e. The van der Waals surface area contributed by atoms with E-state index < -0.39 is 21.7 Å². The van der Waals surface area contributed by atoms with E-state index in [2.05, 4.69) is 0 Å². The van der Waals surface area contributed by atoms with Gasteiger partial charge in [0.15, 0.2) is 0 Å². The Labute approximate surface area is 109 Å². The van der Waals surface area contributed by atoms with Crippen LogP contribution in [0.1, 0.15) is 40.0 Å². The van der Waals surface area contributed by atoms with Gasteiger partial charge in [-0.2, -0.15) is 17.0 Å². The minimum absolute atomic E-state index is 0.0116. The minimum atomic E-state index is -3.55. The molecule has 1 N–H and O–H groups in total. The van der Waals surface area contributed by atoms with Gasteiger partial charge in [-0.3, -0.25) is 4.79 Å². The molecular weight excluding hydrogens is 256 g/mol. The lowest BCUT2D eigenvalue weighted by atomic mass is 10.1. The zero-order valence-electron chi connectivity index (χ0n) is 11.2. The predicted octanol–water partition coefficient (Wildman–Crippen LogP) is 0.902. The molecule has 18 heavy (non-hydrogen) atoms. The standard InChI is InChI=1S/C11H22N2O4S/c1-11(2,3)13(9-6-10(14)15)18(16,17)12-7-4-5-8-12/h4-9H2,1-3H3,(H,14,15). The van der Waals surface area contributed by atoms with Crippen molar-refractivity contribution in [3.63, 3.8) is 0 Å². The summed E-state index contributed by atoms with van der Waals surface area (Å²) in [5.74, 6) is -0.985. The zero-order valence-corrected chi connectivity index (χ0v) is 12.0. The van der Waals surface area contributed by atoms with Gasteiger partial charge in [0.25, 0.3) is 10.2 Å². The van der Waals surface area contributed by atoms with E-state index in [1.807, 2.05) is 0 Å². The first-order valence-corrected chi connectivity index (χ1v) is 7.55. The van der Waals surface area contributed by atoms with E-state index in [1.54, 1.807) is 20.8 Å². The topological polar surface area (TPSA) is 77.9 Å². The molecule has 0 radical (unpaired) electrons. The largest absolute Gasteiger partial charge is 0.481 e. The van der Waals surface area contributed by atoms with Crippen LogP contribution in [0.4, 0.5) is 0 Å². The first-order valence-electron chi connectivity index (χ1n) is 6.15. The van der Waals surface area contributed by atoms with Crippen molar-refractivity contribution in [2.24, 2.45) is 0 Å². The average molecular weight is 278 g/mol. The second kappa shape index (κ2) is 5.54. The summed E-state index contributed by atoms with van der Waals surface area (Å²) in [5.41, 5.74) is -0.614. The molecule has 1 aliphatic rings. The zero-order chi connectivity index (χ0) is 14.0. The van der Waals surface area contributed by atoms with Gasteiger partial charge in [0.05, 0.1) is 6.42 Å². The summed E-state index contributed by atoms with van der Waals surface area (Å²) >= 11 is 0. The van der Waals surface area contributed by atoms with Crippen LogP contribution in [-0.4, -0.2) is 53.3 Å². The number of hydrogen-bond acceptors (Lipinski definition) is 3. The summed E-state index contributed by atoms with van der Waals surface area (Å²) in [5, 5.41) is 8.72. The Morgan fingerprint density at radius 1 is 1.28 bits per heavy atom. The molecular formula is C11H22N2O4S. The van der Waals surface area contributed by atoms with Gasteiger partial charge in [0.2, 0.25) is 0 Å². The Balaban J connectivity index is 2.91. The van der Waals surface area contributed by atoms with Crippen LogP contribution in [0.2, 0.25) is 0 Å². The van der Waals surface area contributed by atoms with Crippen LogP contribution in [0.3, 0.4) is 0 Å². The number of nitrogens with zero attached hydrogens (tertiary/aromatic N) is 2. The number of carboxylic acid groups (broad SMARTS) is 1. The Morgan fingerprint density at radius 2 is 1.78 bits per heavy atom. The molecule has 1 aliphatic heterocycles. The molecule has 0 aromatic heterocycles. The molecule has 6 nitrogen and oxygen atoms in total. The van der Waals surface area contributed by atoms with Crippen LogP contribution >= 0.6 is 0 Å². The van der Waals surface area contributed by atoms with E-state index >= 15 is 0 Å². The minimum Gasteiger partial charge on any atom is -0.481 e. The summed E-state index contributed by atoms with van der Waals surface area (Å²) in [6, 6.07) is 0. The van der Waals surface area contributed by atoms with Gasteiger partial charge in [-0.1, -0.05) is 0 Å². The number of hydrogen-bond donors (Lipinski definition) is 1. The van der Waals surface area contributed by atoms with Crippen LogP contribution in [0.25, 0.3) is 0 Å². The van der Waals surface area contributed by atoms with Gasteiger partial charge in [0, 0.05) is 25.2 Å². The molecule has 0 amide bonds. The third kappa shape index (κ3) is 3.66. The van der Waals surface area contributed by atoms with Crippen LogP contribution in [0.15, 0.2) is 0 Å².